The smallest absolute Gasteiger partial charge is 0.326 e. The molecule has 1 atom stereocenters. The van der Waals surface area contributed by atoms with Crippen LogP contribution in [0.4, 0.5) is 0 Å². The van der Waals surface area contributed by atoms with Crippen LogP contribution in [-0.2, 0) is 4.79 Å². The third-order valence-electron chi connectivity index (χ3n) is 2.35. The van der Waals surface area contributed by atoms with Crippen molar-refractivity contribution in [1.82, 2.24) is 9.91 Å². The quantitative estimate of drug-likeness (QED) is 0.535. The molecule has 6 heteroatoms. The molecule has 0 saturated carbocycles. The van der Waals surface area contributed by atoms with Crippen LogP contribution in [0.2, 0.25) is 0 Å². The summed E-state index contributed by atoms with van der Waals surface area (Å²) in [4.78, 5) is 12.5. The first-order valence-corrected chi connectivity index (χ1v) is 4.55. The summed E-state index contributed by atoms with van der Waals surface area (Å²) < 4.78 is 0. The van der Waals surface area contributed by atoms with Gasteiger partial charge >= 0.3 is 5.97 Å². The molecule has 4 N–H and O–H groups in total. The molecule has 0 spiro atoms. The van der Waals surface area contributed by atoms with Crippen LogP contribution < -0.4 is 5.84 Å². The first-order valence-electron chi connectivity index (χ1n) is 4.55. The molecule has 0 amide bonds. The molecule has 0 aromatic rings. The van der Waals surface area contributed by atoms with E-state index in [1.54, 1.807) is 0 Å². The first kappa shape index (κ1) is 10.8. The van der Waals surface area contributed by atoms with Gasteiger partial charge in [0.2, 0.25) is 5.96 Å². The summed E-state index contributed by atoms with van der Waals surface area (Å²) in [5, 5.41) is 17.9. The Labute approximate surface area is 82.8 Å². The van der Waals surface area contributed by atoms with E-state index >= 15 is 0 Å². The Hall–Kier alpha value is -1.30. The Kier molecular flexibility index (Phi) is 2.95. The number of rotatable bonds is 3. The molecule has 1 heterocycles. The van der Waals surface area contributed by atoms with Gasteiger partial charge in [0.15, 0.2) is 0 Å². The van der Waals surface area contributed by atoms with E-state index in [9.17, 15) is 4.79 Å². The Bertz CT molecular complexity index is 254. The van der Waals surface area contributed by atoms with Gasteiger partial charge in [-0.3, -0.25) is 10.4 Å². The second kappa shape index (κ2) is 3.83. The molecule has 1 aliphatic rings. The summed E-state index contributed by atoms with van der Waals surface area (Å²) >= 11 is 0. The van der Waals surface area contributed by atoms with E-state index < -0.39 is 12.0 Å². The summed E-state index contributed by atoms with van der Waals surface area (Å²) in [6.45, 7) is 4.66. The summed E-state index contributed by atoms with van der Waals surface area (Å²) in [5.41, 5.74) is 0. The molecule has 1 unspecified atom stereocenters. The SMILES string of the molecule is CC(C)C(C(=O)O)N1CCN(N)C1=N. The molecule has 6 nitrogen and oxygen atoms in total. The van der Waals surface area contributed by atoms with Crippen molar-refractivity contribution in [3.8, 4) is 0 Å². The Morgan fingerprint density at radius 2 is 2.14 bits per heavy atom. The minimum absolute atomic E-state index is 0.0423. The van der Waals surface area contributed by atoms with E-state index in [2.05, 4.69) is 0 Å². The van der Waals surface area contributed by atoms with Crippen molar-refractivity contribution in [3.63, 3.8) is 0 Å². The number of hydrazine groups is 1. The van der Waals surface area contributed by atoms with Gasteiger partial charge in [0.1, 0.15) is 6.04 Å². The number of hydrogen-bond donors (Lipinski definition) is 3. The van der Waals surface area contributed by atoms with Crippen molar-refractivity contribution in [2.45, 2.75) is 19.9 Å². The predicted octanol–water partition coefficient (Wildman–Crippen LogP) is -0.478. The topological polar surface area (TPSA) is 93.7 Å². The maximum atomic E-state index is 11.0. The predicted molar refractivity (Wildman–Crippen MR) is 51.6 cm³/mol. The van der Waals surface area contributed by atoms with Gasteiger partial charge in [-0.2, -0.15) is 0 Å². The molecule has 0 aliphatic carbocycles. The second-order valence-electron chi connectivity index (χ2n) is 3.74. The van der Waals surface area contributed by atoms with E-state index in [-0.39, 0.29) is 11.9 Å². The highest BCUT2D eigenvalue weighted by Gasteiger charge is 2.35. The van der Waals surface area contributed by atoms with Crippen LogP contribution in [-0.4, -0.2) is 46.1 Å². The zero-order chi connectivity index (χ0) is 10.9. The first-order chi connectivity index (χ1) is 6.45. The number of nitrogens with zero attached hydrogens (tertiary/aromatic N) is 2. The minimum atomic E-state index is -0.903. The third-order valence-corrected chi connectivity index (χ3v) is 2.35. The van der Waals surface area contributed by atoms with Gasteiger partial charge in [0.25, 0.3) is 0 Å². The van der Waals surface area contributed by atoms with Crippen LogP contribution >= 0.6 is 0 Å². The lowest BCUT2D eigenvalue weighted by molar-refractivity contribution is -0.143. The van der Waals surface area contributed by atoms with Crippen molar-refractivity contribution in [3.05, 3.63) is 0 Å². The van der Waals surface area contributed by atoms with Crippen molar-refractivity contribution in [2.75, 3.05) is 13.1 Å². The zero-order valence-corrected chi connectivity index (χ0v) is 8.40. The molecule has 1 fully saturated rings. The van der Waals surface area contributed by atoms with Gasteiger partial charge < -0.3 is 10.0 Å². The lowest BCUT2D eigenvalue weighted by atomic mass is 10.0. The van der Waals surface area contributed by atoms with Crippen LogP contribution in [0.3, 0.4) is 0 Å². The number of aliphatic carboxylic acids is 1. The summed E-state index contributed by atoms with van der Waals surface area (Å²) in [5.74, 6) is 4.62. The van der Waals surface area contributed by atoms with Gasteiger partial charge in [-0.25, -0.2) is 10.6 Å². The molecular weight excluding hydrogens is 184 g/mol. The van der Waals surface area contributed by atoms with Crippen molar-refractivity contribution in [2.24, 2.45) is 11.8 Å². The van der Waals surface area contributed by atoms with Gasteiger partial charge in [0.05, 0.1) is 6.54 Å². The van der Waals surface area contributed by atoms with E-state index in [0.717, 1.165) is 0 Å². The van der Waals surface area contributed by atoms with E-state index in [1.807, 2.05) is 13.8 Å². The minimum Gasteiger partial charge on any atom is -0.480 e. The number of carbonyl (C=O) groups is 1. The maximum Gasteiger partial charge on any atom is 0.326 e. The van der Waals surface area contributed by atoms with Crippen LogP contribution in [0.1, 0.15) is 13.8 Å². The zero-order valence-electron chi connectivity index (χ0n) is 8.40. The van der Waals surface area contributed by atoms with Crippen LogP contribution in [0.25, 0.3) is 0 Å². The number of guanidine groups is 1. The fourth-order valence-electron chi connectivity index (χ4n) is 1.64. The molecule has 1 saturated heterocycles. The molecule has 0 radical (unpaired) electrons. The molecule has 14 heavy (non-hydrogen) atoms. The molecule has 80 valence electrons. The Balaban J connectivity index is 2.80. The Morgan fingerprint density at radius 1 is 1.57 bits per heavy atom. The fourth-order valence-corrected chi connectivity index (χ4v) is 1.64. The van der Waals surface area contributed by atoms with E-state index in [4.69, 9.17) is 16.4 Å². The Morgan fingerprint density at radius 3 is 2.43 bits per heavy atom. The molecule has 1 aliphatic heterocycles. The summed E-state index contributed by atoms with van der Waals surface area (Å²) in [6, 6.07) is -0.656. The van der Waals surface area contributed by atoms with Gasteiger partial charge in [0, 0.05) is 6.54 Å². The summed E-state index contributed by atoms with van der Waals surface area (Å²) in [7, 11) is 0. The average Bonchev–Trinajstić information content (AvgIpc) is 2.35. The van der Waals surface area contributed by atoms with Crippen molar-refractivity contribution >= 4 is 11.9 Å². The molecule has 0 aromatic carbocycles. The maximum absolute atomic E-state index is 11.0. The molecule has 0 aromatic heterocycles. The van der Waals surface area contributed by atoms with Crippen molar-refractivity contribution < 1.29 is 9.90 Å². The number of carboxylic acid groups (broad SMARTS) is 1. The fraction of sp³-hybridized carbons (Fsp3) is 0.750. The van der Waals surface area contributed by atoms with E-state index in [0.29, 0.717) is 13.1 Å². The van der Waals surface area contributed by atoms with Gasteiger partial charge in [-0.15, -0.1) is 0 Å². The van der Waals surface area contributed by atoms with Gasteiger partial charge in [-0.05, 0) is 5.92 Å². The third kappa shape index (κ3) is 1.79. The molecule has 1 rings (SSSR count). The standard InChI is InChI=1S/C8H16N4O2/c1-5(2)6(7(13)14)11-3-4-12(10)8(11)9/h5-6,9H,3-4,10H2,1-2H3,(H,13,14). The normalized spacial score (nSPS) is 19.3. The number of nitrogens with two attached hydrogens (primary N) is 1. The lowest BCUT2D eigenvalue weighted by Crippen LogP contribution is -2.48. The average molecular weight is 200 g/mol. The van der Waals surface area contributed by atoms with Crippen LogP contribution in [0.5, 0.6) is 0 Å². The highest BCUT2D eigenvalue weighted by Crippen LogP contribution is 2.15. The second-order valence-corrected chi connectivity index (χ2v) is 3.74. The summed E-state index contributed by atoms with van der Waals surface area (Å²) in [6.07, 6.45) is 0. The van der Waals surface area contributed by atoms with Crippen LogP contribution in [0, 0.1) is 11.3 Å². The molecule has 0 bridgehead atoms. The lowest BCUT2D eigenvalue weighted by Gasteiger charge is -2.28. The van der Waals surface area contributed by atoms with Crippen LogP contribution in [0.15, 0.2) is 0 Å². The number of carboxylic acids is 1. The largest absolute Gasteiger partial charge is 0.480 e. The van der Waals surface area contributed by atoms with E-state index in [1.165, 1.54) is 9.91 Å². The van der Waals surface area contributed by atoms with Gasteiger partial charge in [-0.1, -0.05) is 13.8 Å². The highest BCUT2D eigenvalue weighted by atomic mass is 16.4. The number of nitrogens with one attached hydrogen (secondary N) is 1. The number of hydrogen-bond acceptors (Lipinski definition) is 3. The molecular formula is C8H16N4O2. The van der Waals surface area contributed by atoms with Crippen molar-refractivity contribution in [1.29, 1.82) is 5.41 Å². The highest BCUT2D eigenvalue weighted by molar-refractivity contribution is 5.85. The monoisotopic (exact) mass is 200 g/mol.